The van der Waals surface area contributed by atoms with E-state index in [1.54, 1.807) is 0 Å². The van der Waals surface area contributed by atoms with Gasteiger partial charge in [-0.2, -0.15) is 0 Å². The third-order valence-corrected chi connectivity index (χ3v) is 12.5. The summed E-state index contributed by atoms with van der Waals surface area (Å²) in [6, 6.07) is 74.4. The number of nitrogens with zero attached hydrogens (tertiary/aromatic N) is 2. The molecule has 2 aliphatic rings. The van der Waals surface area contributed by atoms with Crippen LogP contribution >= 0.6 is 11.8 Å². The molecule has 3 heteroatoms. The molecule has 0 N–H and O–H groups in total. The molecule has 8 aromatic carbocycles. The third kappa shape index (κ3) is 5.20. The van der Waals surface area contributed by atoms with E-state index >= 15 is 0 Å². The summed E-state index contributed by atoms with van der Waals surface area (Å²) in [7, 11) is 0. The second-order valence-electron chi connectivity index (χ2n) is 14.5. The maximum Gasteiger partial charge on any atom is 0.160 e. The fraction of sp³-hybridized carbons (Fsp3) is 0.0189. The first kappa shape index (κ1) is 32.6. The molecule has 0 fully saturated rings. The molecule has 0 atom stereocenters. The van der Waals surface area contributed by atoms with Crippen molar-refractivity contribution >= 4 is 11.8 Å². The van der Waals surface area contributed by atoms with E-state index in [9.17, 15) is 0 Å². The highest BCUT2D eigenvalue weighted by atomic mass is 32.2. The molecule has 9 aromatic rings. The van der Waals surface area contributed by atoms with Gasteiger partial charge in [0, 0.05) is 26.5 Å². The number of hydrogen-bond acceptors (Lipinski definition) is 3. The lowest BCUT2D eigenvalue weighted by Gasteiger charge is -2.40. The van der Waals surface area contributed by atoms with Crippen LogP contribution in [0, 0.1) is 0 Å². The Hall–Kier alpha value is -6.81. The Bertz CT molecular complexity index is 2830. The van der Waals surface area contributed by atoms with Gasteiger partial charge in [0.05, 0.1) is 16.8 Å². The van der Waals surface area contributed by atoms with Gasteiger partial charge in [0.2, 0.25) is 0 Å². The second-order valence-corrected chi connectivity index (χ2v) is 15.6. The molecular formula is C53H34N2S. The summed E-state index contributed by atoms with van der Waals surface area (Å²) in [6.45, 7) is 0. The van der Waals surface area contributed by atoms with E-state index < -0.39 is 0 Å². The first-order valence-corrected chi connectivity index (χ1v) is 19.9. The van der Waals surface area contributed by atoms with Gasteiger partial charge in [-0.3, -0.25) is 0 Å². The minimum atomic E-state index is -0.388. The van der Waals surface area contributed by atoms with Crippen molar-refractivity contribution in [2.75, 3.05) is 0 Å². The van der Waals surface area contributed by atoms with Gasteiger partial charge in [0.25, 0.3) is 0 Å². The predicted molar refractivity (Wildman–Crippen MR) is 231 cm³/mol. The van der Waals surface area contributed by atoms with Crippen LogP contribution in [0.5, 0.6) is 0 Å². The number of aromatic nitrogens is 2. The third-order valence-electron chi connectivity index (χ3n) is 11.4. The molecule has 1 aliphatic heterocycles. The van der Waals surface area contributed by atoms with E-state index in [2.05, 4.69) is 194 Å². The molecule has 2 nitrogen and oxygen atoms in total. The SMILES string of the molecule is c1ccc(-c2cc(-c3ccccc3)nc(-c3cccc(-c4ccc(-c5ccc6c(c5)C5(c7ccccc7S6)c6ccccc6-c6ccccc65)cc4)c3)n2)cc1. The Kier molecular flexibility index (Phi) is 7.68. The molecule has 1 aromatic heterocycles. The molecule has 0 unspecified atom stereocenters. The zero-order valence-corrected chi connectivity index (χ0v) is 31.2. The fourth-order valence-electron chi connectivity index (χ4n) is 8.82. The van der Waals surface area contributed by atoms with Gasteiger partial charge in [-0.15, -0.1) is 0 Å². The molecule has 11 rings (SSSR count). The van der Waals surface area contributed by atoms with Crippen molar-refractivity contribution in [3.63, 3.8) is 0 Å². The highest BCUT2D eigenvalue weighted by Gasteiger charge is 2.50. The van der Waals surface area contributed by atoms with Crippen molar-refractivity contribution in [2.24, 2.45) is 0 Å². The van der Waals surface area contributed by atoms with Crippen molar-refractivity contribution < 1.29 is 0 Å². The largest absolute Gasteiger partial charge is 0.228 e. The van der Waals surface area contributed by atoms with E-state index in [0.29, 0.717) is 5.82 Å². The summed E-state index contributed by atoms with van der Waals surface area (Å²) in [5.74, 6) is 0.709. The summed E-state index contributed by atoms with van der Waals surface area (Å²) in [6.07, 6.45) is 0. The summed E-state index contributed by atoms with van der Waals surface area (Å²) >= 11 is 1.88. The van der Waals surface area contributed by atoms with Crippen LogP contribution < -0.4 is 0 Å². The quantitative estimate of drug-likeness (QED) is 0.176. The van der Waals surface area contributed by atoms with Crippen LogP contribution in [0.15, 0.2) is 216 Å². The van der Waals surface area contributed by atoms with Crippen LogP contribution in [-0.4, -0.2) is 9.97 Å². The van der Waals surface area contributed by atoms with Gasteiger partial charge >= 0.3 is 0 Å². The van der Waals surface area contributed by atoms with E-state index in [4.69, 9.17) is 9.97 Å². The monoisotopic (exact) mass is 730 g/mol. The van der Waals surface area contributed by atoms with Crippen LogP contribution in [0.4, 0.5) is 0 Å². The van der Waals surface area contributed by atoms with Crippen molar-refractivity contribution in [1.82, 2.24) is 9.97 Å². The highest BCUT2D eigenvalue weighted by Crippen LogP contribution is 2.62. The molecule has 2 heterocycles. The Balaban J connectivity index is 0.984. The normalized spacial score (nSPS) is 13.1. The lowest BCUT2D eigenvalue weighted by Crippen LogP contribution is -2.32. The standard InChI is InChI=1S/C53H34N2S/c1-3-14-37(15-4-1)48-34-49(38-16-5-2-6-17-38)55-52(54-48)41-19-13-18-39(32-41)35-26-28-36(29-27-35)40-30-31-51-47(33-40)53(46-24-11-12-25-50(46)56-51)44-22-9-7-20-42(44)43-21-8-10-23-45(43)53/h1-34H. The van der Waals surface area contributed by atoms with Crippen LogP contribution in [0.25, 0.3) is 67.3 Å². The predicted octanol–water partition coefficient (Wildman–Crippen LogP) is 13.6. The number of rotatable bonds is 5. The maximum atomic E-state index is 5.08. The fourth-order valence-corrected chi connectivity index (χ4v) is 9.99. The average Bonchev–Trinajstić information content (AvgIpc) is 3.57. The number of benzene rings is 8. The van der Waals surface area contributed by atoms with Crippen molar-refractivity contribution in [2.45, 2.75) is 15.2 Å². The summed E-state index contributed by atoms with van der Waals surface area (Å²) in [4.78, 5) is 12.8. The molecule has 0 saturated heterocycles. The van der Waals surface area contributed by atoms with Crippen LogP contribution in [0.1, 0.15) is 22.3 Å². The smallest absolute Gasteiger partial charge is 0.160 e. The summed E-state index contributed by atoms with van der Waals surface area (Å²) in [5.41, 5.74) is 17.3. The van der Waals surface area contributed by atoms with Gasteiger partial charge in [-0.1, -0.05) is 188 Å². The Morgan fingerprint density at radius 2 is 0.768 bits per heavy atom. The van der Waals surface area contributed by atoms with E-state index in [0.717, 1.165) is 39.2 Å². The molecule has 0 saturated carbocycles. The molecule has 56 heavy (non-hydrogen) atoms. The zero-order valence-electron chi connectivity index (χ0n) is 30.4. The summed E-state index contributed by atoms with van der Waals surface area (Å²) < 4.78 is 0. The number of fused-ring (bicyclic) bond motifs is 9. The van der Waals surface area contributed by atoms with Gasteiger partial charge < -0.3 is 0 Å². The van der Waals surface area contributed by atoms with Gasteiger partial charge in [0.1, 0.15) is 0 Å². The molecule has 0 amide bonds. The first-order chi connectivity index (χ1) is 27.7. The van der Waals surface area contributed by atoms with Gasteiger partial charge in [-0.05, 0) is 86.0 Å². The Morgan fingerprint density at radius 1 is 0.304 bits per heavy atom. The lowest BCUT2D eigenvalue weighted by molar-refractivity contribution is 0.723. The second kappa shape index (κ2) is 13.2. The van der Waals surface area contributed by atoms with Crippen molar-refractivity contribution in [3.8, 4) is 67.3 Å². The molecule has 0 radical (unpaired) electrons. The Labute approximate surface area is 331 Å². The van der Waals surface area contributed by atoms with E-state index in [1.807, 2.05) is 23.9 Å². The molecular weight excluding hydrogens is 697 g/mol. The summed E-state index contributed by atoms with van der Waals surface area (Å²) in [5, 5.41) is 0. The topological polar surface area (TPSA) is 25.8 Å². The first-order valence-electron chi connectivity index (χ1n) is 19.1. The van der Waals surface area contributed by atoms with Gasteiger partial charge in [-0.25, -0.2) is 9.97 Å². The van der Waals surface area contributed by atoms with Gasteiger partial charge in [0.15, 0.2) is 5.82 Å². The highest BCUT2D eigenvalue weighted by molar-refractivity contribution is 7.99. The minimum Gasteiger partial charge on any atom is -0.228 e. The zero-order chi connectivity index (χ0) is 37.1. The van der Waals surface area contributed by atoms with Crippen molar-refractivity contribution in [1.29, 1.82) is 0 Å². The van der Waals surface area contributed by atoms with E-state index in [1.165, 1.54) is 54.3 Å². The molecule has 1 aliphatic carbocycles. The van der Waals surface area contributed by atoms with Crippen molar-refractivity contribution in [3.05, 3.63) is 229 Å². The van der Waals surface area contributed by atoms with Crippen LogP contribution in [0.2, 0.25) is 0 Å². The average molecular weight is 731 g/mol. The maximum absolute atomic E-state index is 5.08. The molecule has 262 valence electrons. The number of hydrogen-bond donors (Lipinski definition) is 0. The molecule has 1 spiro atoms. The van der Waals surface area contributed by atoms with Crippen LogP contribution in [0.3, 0.4) is 0 Å². The van der Waals surface area contributed by atoms with Crippen LogP contribution in [-0.2, 0) is 5.41 Å². The minimum absolute atomic E-state index is 0.388. The lowest BCUT2D eigenvalue weighted by atomic mass is 9.67. The Morgan fingerprint density at radius 3 is 1.39 bits per heavy atom. The van der Waals surface area contributed by atoms with E-state index in [-0.39, 0.29) is 5.41 Å². The molecule has 0 bridgehead atoms.